The molecule has 0 spiro atoms. The first kappa shape index (κ1) is 11.3. The minimum Gasteiger partial charge on any atom is -0.321 e. The van der Waals surface area contributed by atoms with E-state index in [1.54, 1.807) is 0 Å². The number of hydrogen-bond donors (Lipinski definition) is 1. The van der Waals surface area contributed by atoms with Crippen molar-refractivity contribution in [1.29, 1.82) is 0 Å². The van der Waals surface area contributed by atoms with Crippen molar-refractivity contribution in [3.63, 3.8) is 0 Å². The summed E-state index contributed by atoms with van der Waals surface area (Å²) < 4.78 is 23.7. The molecule has 0 amide bonds. The first-order valence-electron chi connectivity index (χ1n) is 4.81. The van der Waals surface area contributed by atoms with Gasteiger partial charge in [-0.3, -0.25) is 9.36 Å². The second kappa shape index (κ2) is 3.14. The lowest BCUT2D eigenvalue weighted by Gasteiger charge is -2.11. The van der Waals surface area contributed by atoms with Crippen molar-refractivity contribution in [3.8, 4) is 0 Å². The van der Waals surface area contributed by atoms with Crippen LogP contribution in [-0.2, 0) is 22.4 Å². The summed E-state index contributed by atoms with van der Waals surface area (Å²) in [6.45, 7) is 0. The molecule has 1 saturated carbocycles. The zero-order valence-corrected chi connectivity index (χ0v) is 9.91. The van der Waals surface area contributed by atoms with E-state index in [0.29, 0.717) is 5.56 Å². The fourth-order valence-electron chi connectivity index (χ4n) is 1.62. The van der Waals surface area contributed by atoms with E-state index in [-0.39, 0.29) is 10.7 Å². The molecule has 0 unspecified atom stereocenters. The Balaban J connectivity index is 2.67. The maximum Gasteiger partial charge on any atom is 0.259 e. The number of aromatic nitrogens is 2. The minimum atomic E-state index is -3.49. The van der Waals surface area contributed by atoms with Crippen LogP contribution in [0.25, 0.3) is 0 Å². The molecule has 0 aromatic carbocycles. The molecule has 1 heterocycles. The first-order chi connectivity index (χ1) is 7.26. The molecule has 0 saturated heterocycles. The van der Waals surface area contributed by atoms with Crippen molar-refractivity contribution in [3.05, 3.63) is 22.1 Å². The zero-order chi connectivity index (χ0) is 12.1. The third kappa shape index (κ3) is 1.65. The van der Waals surface area contributed by atoms with E-state index >= 15 is 0 Å². The molecule has 6 nitrogen and oxygen atoms in total. The van der Waals surface area contributed by atoms with Crippen molar-refractivity contribution in [1.82, 2.24) is 9.55 Å². The summed E-state index contributed by atoms with van der Waals surface area (Å²) in [5.41, 5.74) is 5.31. The van der Waals surface area contributed by atoms with Crippen LogP contribution >= 0.6 is 0 Å². The van der Waals surface area contributed by atoms with Crippen molar-refractivity contribution in [2.45, 2.75) is 23.5 Å². The maximum absolute atomic E-state index is 11.9. The van der Waals surface area contributed by atoms with E-state index in [0.717, 1.165) is 23.7 Å². The van der Waals surface area contributed by atoms with E-state index in [9.17, 15) is 13.2 Å². The number of rotatable bonds is 2. The minimum absolute atomic E-state index is 0.231. The molecule has 16 heavy (non-hydrogen) atoms. The number of nitrogens with two attached hydrogens (primary N) is 1. The Bertz CT molecular complexity index is 599. The van der Waals surface area contributed by atoms with Gasteiger partial charge in [0, 0.05) is 25.0 Å². The topological polar surface area (TPSA) is 95.1 Å². The third-order valence-corrected chi connectivity index (χ3v) is 3.83. The van der Waals surface area contributed by atoms with E-state index < -0.39 is 15.4 Å². The van der Waals surface area contributed by atoms with Gasteiger partial charge in [0.25, 0.3) is 5.56 Å². The molecule has 1 fully saturated rings. The Kier molecular flexibility index (Phi) is 2.22. The SMILES string of the molecule is Cn1c(S(C)(=O)=O)ncc(C2(N)CC2)c1=O. The van der Waals surface area contributed by atoms with Crippen LogP contribution in [0, 0.1) is 0 Å². The van der Waals surface area contributed by atoms with Gasteiger partial charge in [0.15, 0.2) is 0 Å². The van der Waals surface area contributed by atoms with Crippen LogP contribution in [0.15, 0.2) is 16.1 Å². The molecule has 1 aliphatic carbocycles. The van der Waals surface area contributed by atoms with Gasteiger partial charge in [0.1, 0.15) is 0 Å². The summed E-state index contributed by atoms with van der Waals surface area (Å²) >= 11 is 0. The molecule has 7 heteroatoms. The highest BCUT2D eigenvalue weighted by atomic mass is 32.2. The normalized spacial score (nSPS) is 18.4. The zero-order valence-electron chi connectivity index (χ0n) is 9.10. The van der Waals surface area contributed by atoms with Gasteiger partial charge in [-0.1, -0.05) is 0 Å². The summed E-state index contributed by atoms with van der Waals surface area (Å²) in [7, 11) is -2.10. The fraction of sp³-hybridized carbons (Fsp3) is 0.556. The second-order valence-electron chi connectivity index (χ2n) is 4.25. The van der Waals surface area contributed by atoms with Gasteiger partial charge >= 0.3 is 0 Å². The lowest BCUT2D eigenvalue weighted by atomic mass is 10.1. The number of sulfone groups is 1. The van der Waals surface area contributed by atoms with E-state index in [4.69, 9.17) is 5.73 Å². The molecule has 88 valence electrons. The van der Waals surface area contributed by atoms with Gasteiger partial charge in [-0.15, -0.1) is 0 Å². The molecule has 0 atom stereocenters. The molecule has 0 bridgehead atoms. The Morgan fingerprint density at radius 1 is 1.50 bits per heavy atom. The lowest BCUT2D eigenvalue weighted by Crippen LogP contribution is -2.34. The standard InChI is InChI=1S/C9H13N3O3S/c1-12-7(13)6(9(10)3-4-9)5-11-8(12)16(2,14)15/h5H,3-4,10H2,1-2H3. The second-order valence-corrected chi connectivity index (χ2v) is 6.16. The summed E-state index contributed by atoms with van der Waals surface area (Å²) in [5.74, 6) is 0. The largest absolute Gasteiger partial charge is 0.321 e. The molecule has 1 aliphatic rings. The van der Waals surface area contributed by atoms with Crippen LogP contribution in [0.3, 0.4) is 0 Å². The highest BCUT2D eigenvalue weighted by Crippen LogP contribution is 2.40. The monoisotopic (exact) mass is 243 g/mol. The van der Waals surface area contributed by atoms with Gasteiger partial charge in [0.2, 0.25) is 15.0 Å². The predicted molar refractivity (Wildman–Crippen MR) is 57.7 cm³/mol. The molecular formula is C9H13N3O3S. The average Bonchev–Trinajstić information content (AvgIpc) is 2.87. The maximum atomic E-state index is 11.9. The average molecular weight is 243 g/mol. The van der Waals surface area contributed by atoms with Crippen molar-refractivity contribution in [2.75, 3.05) is 6.26 Å². The van der Waals surface area contributed by atoms with Gasteiger partial charge in [-0.2, -0.15) is 0 Å². The van der Waals surface area contributed by atoms with Gasteiger partial charge in [0.05, 0.1) is 5.56 Å². The Labute approximate surface area is 93.0 Å². The van der Waals surface area contributed by atoms with Crippen LogP contribution in [-0.4, -0.2) is 24.2 Å². The van der Waals surface area contributed by atoms with Crippen molar-refractivity contribution in [2.24, 2.45) is 12.8 Å². The summed E-state index contributed by atoms with van der Waals surface area (Å²) in [4.78, 5) is 15.7. The summed E-state index contributed by atoms with van der Waals surface area (Å²) in [6.07, 6.45) is 3.78. The molecule has 1 aromatic rings. The van der Waals surface area contributed by atoms with Gasteiger partial charge in [-0.05, 0) is 12.8 Å². The van der Waals surface area contributed by atoms with Crippen LogP contribution in [0.2, 0.25) is 0 Å². The molecular weight excluding hydrogens is 230 g/mol. The Morgan fingerprint density at radius 2 is 2.06 bits per heavy atom. The highest BCUT2D eigenvalue weighted by Gasteiger charge is 2.43. The smallest absolute Gasteiger partial charge is 0.259 e. The summed E-state index contributed by atoms with van der Waals surface area (Å²) in [5, 5.41) is -0.231. The van der Waals surface area contributed by atoms with Crippen LogP contribution in [0.1, 0.15) is 18.4 Å². The van der Waals surface area contributed by atoms with Crippen molar-refractivity contribution < 1.29 is 8.42 Å². The van der Waals surface area contributed by atoms with Gasteiger partial charge < -0.3 is 5.73 Å². The van der Waals surface area contributed by atoms with Crippen molar-refractivity contribution >= 4 is 9.84 Å². The Morgan fingerprint density at radius 3 is 2.50 bits per heavy atom. The number of nitrogens with zero attached hydrogens (tertiary/aromatic N) is 2. The lowest BCUT2D eigenvalue weighted by molar-refractivity contribution is 0.567. The quantitative estimate of drug-likeness (QED) is 0.681. The van der Waals surface area contributed by atoms with Crippen LogP contribution in [0.5, 0.6) is 0 Å². The highest BCUT2D eigenvalue weighted by molar-refractivity contribution is 7.90. The molecule has 1 aromatic heterocycles. The molecule has 2 N–H and O–H groups in total. The van der Waals surface area contributed by atoms with Crippen LogP contribution in [0.4, 0.5) is 0 Å². The molecule has 0 radical (unpaired) electrons. The van der Waals surface area contributed by atoms with E-state index in [1.807, 2.05) is 0 Å². The molecule has 2 rings (SSSR count). The Hall–Kier alpha value is -1.21. The van der Waals surface area contributed by atoms with E-state index in [1.165, 1.54) is 13.2 Å². The summed E-state index contributed by atoms with van der Waals surface area (Å²) in [6, 6.07) is 0. The van der Waals surface area contributed by atoms with E-state index in [2.05, 4.69) is 4.98 Å². The van der Waals surface area contributed by atoms with Crippen LogP contribution < -0.4 is 11.3 Å². The predicted octanol–water partition coefficient (Wildman–Crippen LogP) is -0.868. The molecule has 0 aliphatic heterocycles. The fourth-order valence-corrected chi connectivity index (χ4v) is 2.44. The van der Waals surface area contributed by atoms with Gasteiger partial charge in [-0.25, -0.2) is 13.4 Å². The number of hydrogen-bond acceptors (Lipinski definition) is 5. The first-order valence-corrected chi connectivity index (χ1v) is 6.70. The third-order valence-electron chi connectivity index (χ3n) is 2.78.